The van der Waals surface area contributed by atoms with Crippen LogP contribution >= 0.6 is 7.75 Å². The number of nitrogens with zero attached hydrogens (tertiary/aromatic N) is 2. The van der Waals surface area contributed by atoms with E-state index in [1.807, 2.05) is 6.07 Å². The van der Waals surface area contributed by atoms with E-state index in [4.69, 9.17) is 19.5 Å². The molecule has 214 valence electrons. The number of nitrogens with two attached hydrogens (primary N) is 1. The van der Waals surface area contributed by atoms with E-state index in [0.717, 1.165) is 10.1 Å². The quantitative estimate of drug-likeness (QED) is 0.173. The molecular weight excluding hydrogens is 546 g/mol. The van der Waals surface area contributed by atoms with Gasteiger partial charge in [-0.2, -0.15) is 10.1 Å². The Labute approximate surface area is 229 Å². The molecule has 1 saturated carbocycles. The zero-order chi connectivity index (χ0) is 28.9. The third-order valence-corrected chi connectivity index (χ3v) is 7.90. The van der Waals surface area contributed by atoms with E-state index in [1.54, 1.807) is 42.5 Å². The minimum Gasteiger partial charge on any atom is -0.460 e. The van der Waals surface area contributed by atoms with Gasteiger partial charge in [0.2, 0.25) is 0 Å². The van der Waals surface area contributed by atoms with Crippen molar-refractivity contribution in [2.24, 2.45) is 0 Å². The third-order valence-electron chi connectivity index (χ3n) is 6.26. The minimum absolute atomic E-state index is 0.0202. The number of carbonyl (C=O) groups excluding carboxylic acids is 1. The van der Waals surface area contributed by atoms with Gasteiger partial charge in [-0.1, -0.05) is 48.5 Å². The lowest BCUT2D eigenvalue weighted by Crippen LogP contribution is -2.42. The maximum absolute atomic E-state index is 15.4. The molecule has 12 nitrogen and oxygen atoms in total. The molecule has 5 N–H and O–H groups in total. The molecule has 0 saturated heterocycles. The van der Waals surface area contributed by atoms with Gasteiger partial charge in [0.05, 0.1) is 12.6 Å². The normalized spacial score (nSPS) is 21.9. The van der Waals surface area contributed by atoms with E-state index in [-0.39, 0.29) is 24.6 Å². The topological polar surface area (TPSA) is 175 Å². The van der Waals surface area contributed by atoms with E-state index in [0.29, 0.717) is 0 Å². The average Bonchev–Trinajstić information content (AvgIpc) is 3.62. The van der Waals surface area contributed by atoms with Gasteiger partial charge in [-0.25, -0.2) is 13.8 Å². The summed E-state index contributed by atoms with van der Waals surface area (Å²) in [5, 5.41) is 23.5. The van der Waals surface area contributed by atoms with Crippen molar-refractivity contribution in [3.8, 4) is 5.75 Å². The molecule has 6 atom stereocenters. The Balaban J connectivity index is 1.40. The average molecular weight is 577 g/mol. The summed E-state index contributed by atoms with van der Waals surface area (Å²) >= 11 is 0. The van der Waals surface area contributed by atoms with Crippen LogP contribution in [0.15, 0.2) is 77.7 Å². The maximum atomic E-state index is 15.4. The summed E-state index contributed by atoms with van der Waals surface area (Å²) in [6.45, 7) is 0.525. The molecule has 14 heteroatoms. The number of nitrogen functional groups attached to an aromatic ring is 1. The van der Waals surface area contributed by atoms with Crippen LogP contribution in [0.5, 0.6) is 5.75 Å². The van der Waals surface area contributed by atoms with Crippen molar-refractivity contribution in [2.75, 3.05) is 12.3 Å². The summed E-state index contributed by atoms with van der Waals surface area (Å²) in [5.41, 5.74) is 3.02. The molecule has 0 bridgehead atoms. The number of aliphatic hydroxyl groups is 2. The number of benzene rings is 2. The van der Waals surface area contributed by atoms with Crippen LogP contribution in [0.25, 0.3) is 0 Å². The second kappa shape index (κ2) is 12.3. The van der Waals surface area contributed by atoms with Gasteiger partial charge in [0.1, 0.15) is 36.4 Å². The summed E-state index contributed by atoms with van der Waals surface area (Å²) < 4.78 is 46.1. The van der Waals surface area contributed by atoms with Crippen LogP contribution in [-0.2, 0) is 25.2 Å². The van der Waals surface area contributed by atoms with Gasteiger partial charge in [0.25, 0.3) is 0 Å². The standard InChI is InChI=1S/C26H30FN4O8P/c1-17(24(34)37-15-18-8-4-2-5-9-18)30-40(36,39-19-10-6-3-7-11-19)38-16-20(32)23(33)26(27)14-21(26)31-13-12-22(28)29-25(31)35/h2-13,17,20-21,23,32-33H,14-16H2,1H3,(H,30,36)(H2,28,29,35)/t17-,20?,21+,23-,26-,40?/m0/s1. The number of alkyl halides is 1. The van der Waals surface area contributed by atoms with Crippen LogP contribution in [-0.4, -0.2) is 56.3 Å². The fourth-order valence-electron chi connectivity index (χ4n) is 3.99. The molecule has 1 aromatic heterocycles. The number of halogens is 1. The molecule has 1 fully saturated rings. The molecule has 40 heavy (non-hydrogen) atoms. The highest BCUT2D eigenvalue weighted by Crippen LogP contribution is 2.54. The summed E-state index contributed by atoms with van der Waals surface area (Å²) in [7, 11) is -4.38. The number of ether oxygens (including phenoxy) is 1. The van der Waals surface area contributed by atoms with Crippen LogP contribution < -0.4 is 21.0 Å². The first-order valence-corrected chi connectivity index (χ1v) is 13.9. The molecule has 0 amide bonds. The predicted molar refractivity (Wildman–Crippen MR) is 142 cm³/mol. The summed E-state index contributed by atoms with van der Waals surface area (Å²) in [6, 6.07) is 15.9. The molecule has 1 aliphatic carbocycles. The smallest absolute Gasteiger partial charge is 0.459 e. The van der Waals surface area contributed by atoms with Gasteiger partial charge in [-0.15, -0.1) is 0 Å². The Morgan fingerprint density at radius 1 is 1.20 bits per heavy atom. The first-order valence-electron chi connectivity index (χ1n) is 12.4. The fourth-order valence-corrected chi connectivity index (χ4v) is 5.49. The molecule has 1 aliphatic rings. The predicted octanol–water partition coefficient (Wildman–Crippen LogP) is 2.13. The van der Waals surface area contributed by atoms with Gasteiger partial charge >= 0.3 is 19.4 Å². The number of para-hydroxylation sites is 1. The minimum atomic E-state index is -4.38. The van der Waals surface area contributed by atoms with Gasteiger partial charge < -0.3 is 25.2 Å². The van der Waals surface area contributed by atoms with Crippen molar-refractivity contribution in [3.05, 3.63) is 89.0 Å². The first kappa shape index (κ1) is 29.4. The van der Waals surface area contributed by atoms with E-state index < -0.39 is 56.0 Å². The number of rotatable bonds is 13. The number of hydrogen-bond acceptors (Lipinski definition) is 10. The monoisotopic (exact) mass is 576 g/mol. The summed E-state index contributed by atoms with van der Waals surface area (Å²) in [6.07, 6.45) is -2.92. The molecule has 0 radical (unpaired) electrons. The zero-order valence-electron chi connectivity index (χ0n) is 21.5. The Kier molecular flexibility index (Phi) is 9.02. The second-order valence-electron chi connectivity index (χ2n) is 9.34. The lowest BCUT2D eigenvalue weighted by atomic mass is 10.1. The van der Waals surface area contributed by atoms with Crippen LogP contribution in [0, 0.1) is 0 Å². The van der Waals surface area contributed by atoms with Crippen molar-refractivity contribution in [1.29, 1.82) is 0 Å². The highest BCUT2D eigenvalue weighted by atomic mass is 31.2. The Hall–Kier alpha value is -3.61. The lowest BCUT2D eigenvalue weighted by Gasteiger charge is -2.26. The van der Waals surface area contributed by atoms with Crippen LogP contribution in [0.3, 0.4) is 0 Å². The molecule has 3 aromatic rings. The van der Waals surface area contributed by atoms with E-state index in [1.165, 1.54) is 31.3 Å². The van der Waals surface area contributed by atoms with Crippen molar-refractivity contribution in [1.82, 2.24) is 14.6 Å². The number of nitrogens with one attached hydrogen (secondary N) is 1. The van der Waals surface area contributed by atoms with Crippen LogP contribution in [0.4, 0.5) is 10.2 Å². The molecule has 4 rings (SSSR count). The van der Waals surface area contributed by atoms with Crippen LogP contribution in [0.1, 0.15) is 24.9 Å². The first-order chi connectivity index (χ1) is 19.0. The van der Waals surface area contributed by atoms with E-state index in [2.05, 4.69) is 10.1 Å². The number of anilines is 1. The number of carbonyl (C=O) groups is 1. The molecule has 2 aromatic carbocycles. The number of aliphatic hydroxyl groups excluding tert-OH is 2. The van der Waals surface area contributed by atoms with E-state index >= 15 is 4.39 Å². The van der Waals surface area contributed by atoms with Crippen molar-refractivity contribution in [2.45, 2.75) is 49.9 Å². The lowest BCUT2D eigenvalue weighted by molar-refractivity contribution is -0.146. The highest BCUT2D eigenvalue weighted by molar-refractivity contribution is 7.52. The number of esters is 1. The molecular formula is C26H30FN4O8P. The van der Waals surface area contributed by atoms with Gasteiger partial charge in [0, 0.05) is 12.6 Å². The zero-order valence-corrected chi connectivity index (χ0v) is 22.4. The summed E-state index contributed by atoms with van der Waals surface area (Å²) in [4.78, 5) is 28.1. The maximum Gasteiger partial charge on any atom is 0.459 e. The Bertz CT molecular complexity index is 1410. The highest BCUT2D eigenvalue weighted by Gasteiger charge is 2.64. The van der Waals surface area contributed by atoms with Gasteiger partial charge in [0.15, 0.2) is 5.67 Å². The van der Waals surface area contributed by atoms with Gasteiger partial charge in [-0.3, -0.25) is 13.9 Å². The fraction of sp³-hybridized carbons (Fsp3) is 0.346. The Morgan fingerprint density at radius 2 is 1.85 bits per heavy atom. The number of hydrogen-bond donors (Lipinski definition) is 4. The number of aromatic nitrogens is 2. The summed E-state index contributed by atoms with van der Waals surface area (Å²) in [5.74, 6) is -0.672. The third kappa shape index (κ3) is 7.12. The van der Waals surface area contributed by atoms with Gasteiger partial charge in [-0.05, 0) is 30.7 Å². The molecule has 0 spiro atoms. The van der Waals surface area contributed by atoms with Crippen molar-refractivity contribution in [3.63, 3.8) is 0 Å². The largest absolute Gasteiger partial charge is 0.460 e. The van der Waals surface area contributed by atoms with E-state index in [9.17, 15) is 24.4 Å². The van der Waals surface area contributed by atoms with Crippen LogP contribution in [0.2, 0.25) is 0 Å². The SMILES string of the molecule is C[C@H](NP(=O)(OCC(O)[C@H](O)[C@]1(F)C[C@H]1n1ccc(N)nc1=O)Oc1ccccc1)C(=O)OCc1ccccc1. The molecule has 1 heterocycles. The van der Waals surface area contributed by atoms with Crippen molar-refractivity contribution >= 4 is 19.5 Å². The second-order valence-corrected chi connectivity index (χ2v) is 11.0. The van der Waals surface area contributed by atoms with Crippen molar-refractivity contribution < 1.29 is 37.7 Å². The molecule has 2 unspecified atom stereocenters. The molecule has 0 aliphatic heterocycles. The Morgan fingerprint density at radius 3 is 2.50 bits per heavy atom.